The summed E-state index contributed by atoms with van der Waals surface area (Å²) < 4.78 is 61.3. The minimum Gasteiger partial charge on any atom is -0.378 e. The fourth-order valence-electron chi connectivity index (χ4n) is 4.83. The lowest BCUT2D eigenvalue weighted by molar-refractivity contribution is -0.150. The number of amides is 1. The lowest BCUT2D eigenvalue weighted by Gasteiger charge is -2.27. The number of morpholine rings is 1. The number of alkyl halides is 3. The summed E-state index contributed by atoms with van der Waals surface area (Å²) in [6.07, 6.45) is -3.15. The Morgan fingerprint density at radius 2 is 1.74 bits per heavy atom. The number of aromatic amines is 1. The Hall–Kier alpha value is -3.99. The van der Waals surface area contributed by atoms with Gasteiger partial charge in [0.25, 0.3) is 11.5 Å². The number of anilines is 1. The molecule has 204 valence electrons. The molecule has 2 N–H and O–H groups in total. The fourth-order valence-corrected chi connectivity index (χ4v) is 4.83. The maximum atomic E-state index is 14.7. The number of rotatable bonds is 5. The van der Waals surface area contributed by atoms with Crippen molar-refractivity contribution in [1.29, 1.82) is 0 Å². The molecule has 0 saturated carbocycles. The van der Waals surface area contributed by atoms with Gasteiger partial charge in [0.2, 0.25) is 0 Å². The summed E-state index contributed by atoms with van der Waals surface area (Å²) >= 11 is 0. The highest BCUT2D eigenvalue weighted by atomic mass is 19.4. The van der Waals surface area contributed by atoms with Crippen LogP contribution in [0, 0.1) is 11.7 Å². The summed E-state index contributed by atoms with van der Waals surface area (Å²) in [6.45, 7) is 4.37. The number of nitrogens with zero attached hydrogens (tertiary/aromatic N) is 2. The third-order valence-corrected chi connectivity index (χ3v) is 6.86. The minimum absolute atomic E-state index is 0.00651. The lowest BCUT2D eigenvalue weighted by Crippen LogP contribution is -2.41. The summed E-state index contributed by atoms with van der Waals surface area (Å²) in [5.74, 6) is -1.91. The number of nitrogens with one attached hydrogen (secondary N) is 2. The molecule has 0 aliphatic carbocycles. The number of fused-ring (bicyclic) bond motifs is 3. The molecule has 2 aromatic carbocycles. The lowest BCUT2D eigenvalue weighted by atomic mass is 9.97. The number of carbonyl (C=O) groups is 1. The number of benzene rings is 2. The maximum absolute atomic E-state index is 14.7. The first kappa shape index (κ1) is 26.6. The van der Waals surface area contributed by atoms with E-state index in [1.54, 1.807) is 18.2 Å². The Bertz CT molecular complexity index is 1610. The zero-order valence-electron chi connectivity index (χ0n) is 21.2. The van der Waals surface area contributed by atoms with Crippen LogP contribution >= 0.6 is 0 Å². The van der Waals surface area contributed by atoms with Crippen molar-refractivity contribution in [3.8, 4) is 11.1 Å². The van der Waals surface area contributed by atoms with E-state index in [0.29, 0.717) is 48.2 Å². The molecular weight excluding hydrogens is 516 g/mol. The predicted octanol–water partition coefficient (Wildman–Crippen LogP) is 5.35. The molecule has 7 nitrogen and oxygen atoms in total. The molecule has 1 aliphatic heterocycles. The van der Waals surface area contributed by atoms with Crippen molar-refractivity contribution in [3.63, 3.8) is 0 Å². The Morgan fingerprint density at radius 3 is 2.44 bits per heavy atom. The van der Waals surface area contributed by atoms with Gasteiger partial charge in [-0.05, 0) is 41.3 Å². The second-order valence-corrected chi connectivity index (χ2v) is 9.79. The molecule has 1 fully saturated rings. The van der Waals surface area contributed by atoms with Crippen LogP contribution in [-0.2, 0) is 4.74 Å². The molecule has 0 radical (unpaired) electrons. The van der Waals surface area contributed by atoms with E-state index >= 15 is 0 Å². The number of H-pyrrole nitrogens is 1. The second kappa shape index (κ2) is 10.3. The smallest absolute Gasteiger partial charge is 0.378 e. The van der Waals surface area contributed by atoms with Gasteiger partial charge in [0.1, 0.15) is 17.7 Å². The van der Waals surface area contributed by atoms with Gasteiger partial charge < -0.3 is 19.9 Å². The summed E-state index contributed by atoms with van der Waals surface area (Å²) in [7, 11) is 0. The first-order valence-electron chi connectivity index (χ1n) is 12.5. The molecule has 1 saturated heterocycles. The van der Waals surface area contributed by atoms with Gasteiger partial charge in [-0.2, -0.15) is 13.2 Å². The predicted molar refractivity (Wildman–Crippen MR) is 140 cm³/mol. The van der Waals surface area contributed by atoms with Crippen molar-refractivity contribution in [3.05, 3.63) is 70.4 Å². The monoisotopic (exact) mass is 542 g/mol. The molecule has 2 aromatic heterocycles. The number of pyridine rings is 2. The highest BCUT2D eigenvalue weighted by Crippen LogP contribution is 2.35. The minimum atomic E-state index is -4.53. The molecule has 3 heterocycles. The van der Waals surface area contributed by atoms with Crippen LogP contribution in [-0.4, -0.2) is 59.3 Å². The van der Waals surface area contributed by atoms with Gasteiger partial charge in [-0.25, -0.2) is 9.37 Å². The number of halogens is 4. The molecule has 0 bridgehead atoms. The summed E-state index contributed by atoms with van der Waals surface area (Å²) in [4.78, 5) is 34.3. The molecule has 39 heavy (non-hydrogen) atoms. The topological polar surface area (TPSA) is 87.3 Å². The fraction of sp³-hybridized carbons (Fsp3) is 0.321. The number of hydrogen-bond donors (Lipinski definition) is 2. The van der Waals surface area contributed by atoms with Crippen LogP contribution in [0.2, 0.25) is 0 Å². The van der Waals surface area contributed by atoms with Gasteiger partial charge >= 0.3 is 6.18 Å². The molecule has 4 aromatic rings. The average molecular weight is 543 g/mol. The zero-order valence-corrected chi connectivity index (χ0v) is 21.2. The van der Waals surface area contributed by atoms with Crippen LogP contribution in [0.5, 0.6) is 0 Å². The highest BCUT2D eigenvalue weighted by molar-refractivity contribution is 6.11. The molecule has 0 unspecified atom stereocenters. The number of hydrogen-bond acceptors (Lipinski definition) is 5. The number of carbonyl (C=O) groups excluding carboxylic acids is 1. The highest BCUT2D eigenvalue weighted by Gasteiger charge is 2.42. The van der Waals surface area contributed by atoms with E-state index in [1.807, 2.05) is 0 Å². The zero-order chi connectivity index (χ0) is 27.9. The quantitative estimate of drug-likeness (QED) is 0.262. The van der Waals surface area contributed by atoms with E-state index in [1.165, 1.54) is 49.2 Å². The second-order valence-electron chi connectivity index (χ2n) is 9.79. The van der Waals surface area contributed by atoms with Crippen molar-refractivity contribution in [2.24, 2.45) is 5.92 Å². The van der Waals surface area contributed by atoms with E-state index in [-0.39, 0.29) is 22.3 Å². The third kappa shape index (κ3) is 5.18. The maximum Gasteiger partial charge on any atom is 0.408 e. The third-order valence-electron chi connectivity index (χ3n) is 6.86. The molecular formula is C28H26F4N4O3. The molecule has 0 spiro atoms. The van der Waals surface area contributed by atoms with Gasteiger partial charge in [0.05, 0.1) is 29.7 Å². The van der Waals surface area contributed by atoms with E-state index in [2.05, 4.69) is 15.3 Å². The van der Waals surface area contributed by atoms with Crippen molar-refractivity contribution >= 4 is 33.4 Å². The Balaban J connectivity index is 1.65. The van der Waals surface area contributed by atoms with E-state index in [0.717, 1.165) is 0 Å². The van der Waals surface area contributed by atoms with Crippen molar-refractivity contribution in [2.75, 3.05) is 31.6 Å². The largest absolute Gasteiger partial charge is 0.408 e. The number of ether oxygens (including phenoxy) is 1. The molecule has 1 aliphatic rings. The summed E-state index contributed by atoms with van der Waals surface area (Å²) in [5, 5.41) is 3.45. The van der Waals surface area contributed by atoms with Crippen LogP contribution in [0.4, 0.5) is 23.4 Å². The molecule has 1 atom stereocenters. The standard InChI is InChI=1S/C28H26F4N4O3/c1-15(2)24(28(30,31)32)35-25-18-5-3-16(13-19(18)23-22(34-25)7-8-33-26(23)37)17-4-6-21(29)20(14-17)27(38)36-9-11-39-12-10-36/h3-8,13-15,24H,9-12H2,1-2H3,(H,33,37)(H,34,35)/t24-/m1/s1. The van der Waals surface area contributed by atoms with Crippen molar-refractivity contribution in [2.45, 2.75) is 26.1 Å². The van der Waals surface area contributed by atoms with Crippen molar-refractivity contribution in [1.82, 2.24) is 14.9 Å². The van der Waals surface area contributed by atoms with Crippen LogP contribution in [0.1, 0.15) is 24.2 Å². The van der Waals surface area contributed by atoms with Gasteiger partial charge in [-0.3, -0.25) is 9.59 Å². The van der Waals surface area contributed by atoms with Crippen LogP contribution in [0.15, 0.2) is 53.5 Å². The molecule has 5 rings (SSSR count). The van der Waals surface area contributed by atoms with E-state index in [4.69, 9.17) is 4.74 Å². The summed E-state index contributed by atoms with van der Waals surface area (Å²) in [6, 6.07) is 8.68. The van der Waals surface area contributed by atoms with Crippen LogP contribution in [0.3, 0.4) is 0 Å². The SMILES string of the molecule is CC(C)[C@@H](Nc1nc2cc[nH]c(=O)c2c2cc(-c3ccc(F)c(C(=O)N4CCOCC4)c3)ccc12)C(F)(F)F. The Morgan fingerprint density at radius 1 is 1.05 bits per heavy atom. The average Bonchev–Trinajstić information content (AvgIpc) is 2.90. The Labute approximate surface area is 220 Å². The first-order valence-corrected chi connectivity index (χ1v) is 12.5. The first-order chi connectivity index (χ1) is 18.5. The summed E-state index contributed by atoms with van der Waals surface area (Å²) in [5.41, 5.74) is 0.734. The van der Waals surface area contributed by atoms with Crippen LogP contribution < -0.4 is 10.9 Å². The van der Waals surface area contributed by atoms with E-state index < -0.39 is 35.4 Å². The van der Waals surface area contributed by atoms with Gasteiger partial charge in [-0.1, -0.05) is 32.0 Å². The van der Waals surface area contributed by atoms with Gasteiger partial charge in [0.15, 0.2) is 0 Å². The normalized spacial score (nSPS) is 15.2. The van der Waals surface area contributed by atoms with Gasteiger partial charge in [-0.15, -0.1) is 0 Å². The number of aromatic nitrogens is 2. The molecule has 11 heteroatoms. The van der Waals surface area contributed by atoms with E-state index in [9.17, 15) is 27.2 Å². The van der Waals surface area contributed by atoms with Crippen molar-refractivity contribution < 1.29 is 27.1 Å². The Kier molecular flexibility index (Phi) is 7.02. The van der Waals surface area contributed by atoms with Crippen LogP contribution in [0.25, 0.3) is 32.8 Å². The van der Waals surface area contributed by atoms with Gasteiger partial charge in [0, 0.05) is 30.1 Å². The molecule has 1 amide bonds.